The maximum absolute atomic E-state index is 12.8. The summed E-state index contributed by atoms with van der Waals surface area (Å²) < 4.78 is 0. The molecule has 3 aromatic rings. The van der Waals surface area contributed by atoms with Crippen molar-refractivity contribution in [3.63, 3.8) is 0 Å². The lowest BCUT2D eigenvalue weighted by atomic mass is 9.94. The third kappa shape index (κ3) is 4.63. The number of piperazine rings is 1. The standard InChI is InChI=1S/C27H34N4OS/c1-27(2,3)26(32)31-16-14-30(15-17-31)24-23-20-12-8-5-9-13-21(20)33-25(23)29-22(28-24)18-19-10-6-4-7-11-19/h4,6-7,10-11H,5,8-9,12-18H2,1-3H3. The van der Waals surface area contributed by atoms with Gasteiger partial charge in [-0.1, -0.05) is 57.5 Å². The highest BCUT2D eigenvalue weighted by atomic mass is 32.1. The lowest BCUT2D eigenvalue weighted by Crippen LogP contribution is -2.52. The molecule has 1 amide bonds. The van der Waals surface area contributed by atoms with E-state index in [0.717, 1.165) is 61.9 Å². The number of thiophene rings is 1. The van der Waals surface area contributed by atoms with Crippen LogP contribution < -0.4 is 4.90 Å². The molecule has 0 radical (unpaired) electrons. The summed E-state index contributed by atoms with van der Waals surface area (Å²) in [6.45, 7) is 9.17. The van der Waals surface area contributed by atoms with E-state index in [-0.39, 0.29) is 11.3 Å². The van der Waals surface area contributed by atoms with Crippen LogP contribution in [0, 0.1) is 5.41 Å². The Morgan fingerprint density at radius 3 is 2.42 bits per heavy atom. The Labute approximate surface area is 200 Å². The Morgan fingerprint density at radius 1 is 0.970 bits per heavy atom. The number of carbonyl (C=O) groups excluding carboxylic acids is 1. The molecule has 0 saturated carbocycles. The van der Waals surface area contributed by atoms with Crippen molar-refractivity contribution in [2.45, 2.75) is 59.3 Å². The van der Waals surface area contributed by atoms with E-state index in [9.17, 15) is 4.79 Å². The van der Waals surface area contributed by atoms with Gasteiger partial charge in [0.05, 0.1) is 5.39 Å². The van der Waals surface area contributed by atoms with E-state index < -0.39 is 0 Å². The van der Waals surface area contributed by atoms with E-state index in [4.69, 9.17) is 9.97 Å². The summed E-state index contributed by atoms with van der Waals surface area (Å²) in [7, 11) is 0. The first-order chi connectivity index (χ1) is 15.9. The van der Waals surface area contributed by atoms with Gasteiger partial charge in [0.2, 0.25) is 5.91 Å². The minimum atomic E-state index is -0.335. The van der Waals surface area contributed by atoms with Crippen molar-refractivity contribution in [2.75, 3.05) is 31.1 Å². The van der Waals surface area contributed by atoms with Crippen molar-refractivity contribution in [2.24, 2.45) is 5.41 Å². The number of fused-ring (bicyclic) bond motifs is 3. The molecule has 5 rings (SSSR count). The second-order valence-electron chi connectivity index (χ2n) is 10.4. The fourth-order valence-electron chi connectivity index (χ4n) is 5.04. The average Bonchev–Trinajstić information content (AvgIpc) is 2.99. The van der Waals surface area contributed by atoms with Gasteiger partial charge in [0.1, 0.15) is 16.5 Å². The van der Waals surface area contributed by atoms with Crippen LogP contribution in [0.15, 0.2) is 30.3 Å². The van der Waals surface area contributed by atoms with Gasteiger partial charge in [0, 0.05) is 42.9 Å². The molecule has 0 N–H and O–H groups in total. The zero-order chi connectivity index (χ0) is 23.0. The van der Waals surface area contributed by atoms with Gasteiger partial charge in [-0.3, -0.25) is 4.79 Å². The SMILES string of the molecule is CC(C)(C)C(=O)N1CCN(c2nc(Cc3ccccc3)nc3sc4c(c23)CCCCC4)CC1. The van der Waals surface area contributed by atoms with Crippen molar-refractivity contribution in [3.8, 4) is 0 Å². The first-order valence-corrected chi connectivity index (χ1v) is 13.1. The van der Waals surface area contributed by atoms with E-state index in [1.165, 1.54) is 40.7 Å². The summed E-state index contributed by atoms with van der Waals surface area (Å²) >= 11 is 1.88. The highest BCUT2D eigenvalue weighted by Crippen LogP contribution is 2.39. The second-order valence-corrected chi connectivity index (χ2v) is 11.5. The van der Waals surface area contributed by atoms with E-state index in [1.54, 1.807) is 0 Å². The Hall–Kier alpha value is -2.47. The molecule has 1 aromatic carbocycles. The summed E-state index contributed by atoms with van der Waals surface area (Å²) in [6.07, 6.45) is 6.86. The largest absolute Gasteiger partial charge is 0.352 e. The average molecular weight is 463 g/mol. The molecule has 5 nitrogen and oxygen atoms in total. The first kappa shape index (κ1) is 22.3. The fraction of sp³-hybridized carbons (Fsp3) is 0.519. The van der Waals surface area contributed by atoms with E-state index >= 15 is 0 Å². The summed E-state index contributed by atoms with van der Waals surface area (Å²) in [5.41, 5.74) is 2.39. The molecule has 1 aliphatic heterocycles. The van der Waals surface area contributed by atoms with Gasteiger partial charge in [0.15, 0.2) is 0 Å². The van der Waals surface area contributed by atoms with Gasteiger partial charge in [-0.25, -0.2) is 9.97 Å². The monoisotopic (exact) mass is 462 g/mol. The maximum Gasteiger partial charge on any atom is 0.228 e. The number of amides is 1. The molecule has 33 heavy (non-hydrogen) atoms. The Bertz CT molecular complexity index is 1140. The molecule has 0 unspecified atom stereocenters. The summed E-state index contributed by atoms with van der Waals surface area (Å²) in [5, 5.41) is 1.28. The molecular formula is C27H34N4OS. The van der Waals surface area contributed by atoms with Crippen LogP contribution >= 0.6 is 11.3 Å². The van der Waals surface area contributed by atoms with Crippen molar-refractivity contribution < 1.29 is 4.79 Å². The molecule has 1 aliphatic carbocycles. The third-order valence-electron chi connectivity index (χ3n) is 6.80. The number of aromatic nitrogens is 2. The molecule has 1 fully saturated rings. The lowest BCUT2D eigenvalue weighted by molar-refractivity contribution is -0.139. The Kier molecular flexibility index (Phi) is 6.12. The van der Waals surface area contributed by atoms with E-state index in [2.05, 4.69) is 29.2 Å². The van der Waals surface area contributed by atoms with E-state index in [0.29, 0.717) is 0 Å². The highest BCUT2D eigenvalue weighted by molar-refractivity contribution is 7.19. The number of nitrogens with zero attached hydrogens (tertiary/aromatic N) is 4. The molecule has 0 bridgehead atoms. The molecule has 2 aromatic heterocycles. The van der Waals surface area contributed by atoms with Crippen molar-refractivity contribution in [1.82, 2.24) is 14.9 Å². The summed E-state index contributed by atoms with van der Waals surface area (Å²) in [5.74, 6) is 2.23. The predicted molar refractivity (Wildman–Crippen MR) is 136 cm³/mol. The van der Waals surface area contributed by atoms with Crippen LogP contribution in [0.25, 0.3) is 10.2 Å². The quantitative estimate of drug-likeness (QED) is 0.499. The molecule has 3 heterocycles. The van der Waals surface area contributed by atoms with Crippen LogP contribution in [0.2, 0.25) is 0 Å². The molecular weight excluding hydrogens is 428 g/mol. The lowest BCUT2D eigenvalue weighted by Gasteiger charge is -2.38. The summed E-state index contributed by atoms with van der Waals surface area (Å²) in [6, 6.07) is 10.5. The Morgan fingerprint density at radius 2 is 1.70 bits per heavy atom. The number of carbonyl (C=O) groups is 1. The number of rotatable bonds is 3. The van der Waals surface area contributed by atoms with Crippen molar-refractivity contribution in [3.05, 3.63) is 52.2 Å². The van der Waals surface area contributed by atoms with Crippen LogP contribution in [0.3, 0.4) is 0 Å². The number of hydrogen-bond acceptors (Lipinski definition) is 5. The molecule has 174 valence electrons. The Balaban J connectivity index is 1.50. The molecule has 1 saturated heterocycles. The number of hydrogen-bond donors (Lipinski definition) is 0. The minimum absolute atomic E-state index is 0.240. The van der Waals surface area contributed by atoms with Crippen LogP contribution in [0.5, 0.6) is 0 Å². The van der Waals surface area contributed by atoms with Gasteiger partial charge in [-0.15, -0.1) is 11.3 Å². The molecule has 0 spiro atoms. The van der Waals surface area contributed by atoms with Gasteiger partial charge in [-0.2, -0.15) is 0 Å². The number of aryl methyl sites for hydroxylation is 2. The smallest absolute Gasteiger partial charge is 0.228 e. The minimum Gasteiger partial charge on any atom is -0.352 e. The normalized spacial score (nSPS) is 17.2. The second kappa shape index (κ2) is 9.05. The maximum atomic E-state index is 12.8. The van der Waals surface area contributed by atoms with Gasteiger partial charge in [0.25, 0.3) is 0 Å². The molecule has 2 aliphatic rings. The molecule has 6 heteroatoms. The van der Waals surface area contributed by atoms with E-state index in [1.807, 2.05) is 43.1 Å². The topological polar surface area (TPSA) is 49.3 Å². The zero-order valence-corrected chi connectivity index (χ0v) is 20.9. The third-order valence-corrected chi connectivity index (χ3v) is 7.99. The van der Waals surface area contributed by atoms with Crippen molar-refractivity contribution >= 4 is 33.3 Å². The van der Waals surface area contributed by atoms with Crippen LogP contribution in [0.1, 0.15) is 61.9 Å². The van der Waals surface area contributed by atoms with Gasteiger partial charge < -0.3 is 9.80 Å². The zero-order valence-electron chi connectivity index (χ0n) is 20.1. The van der Waals surface area contributed by atoms with Crippen molar-refractivity contribution in [1.29, 1.82) is 0 Å². The first-order valence-electron chi connectivity index (χ1n) is 12.3. The van der Waals surface area contributed by atoms with Gasteiger partial charge in [-0.05, 0) is 36.8 Å². The summed E-state index contributed by atoms with van der Waals surface area (Å²) in [4.78, 5) is 30.1. The van der Waals surface area contributed by atoms with Gasteiger partial charge >= 0.3 is 0 Å². The fourth-order valence-corrected chi connectivity index (χ4v) is 6.31. The number of benzene rings is 1. The van der Waals surface area contributed by atoms with Crippen LogP contribution in [-0.2, 0) is 24.1 Å². The number of anilines is 1. The van der Waals surface area contributed by atoms with Crippen LogP contribution in [0.4, 0.5) is 5.82 Å². The highest BCUT2D eigenvalue weighted by Gasteiger charge is 2.31. The molecule has 0 atom stereocenters. The van der Waals surface area contributed by atoms with Crippen LogP contribution in [-0.4, -0.2) is 47.0 Å². The predicted octanol–water partition coefficient (Wildman–Crippen LogP) is 5.25.